The first kappa shape index (κ1) is 18.3. The summed E-state index contributed by atoms with van der Waals surface area (Å²) in [6.07, 6.45) is 1.29. The predicted molar refractivity (Wildman–Crippen MR) is 87.0 cm³/mol. The highest BCUT2D eigenvalue weighted by Crippen LogP contribution is 2.34. The van der Waals surface area contributed by atoms with Crippen LogP contribution in [0.5, 0.6) is 0 Å². The van der Waals surface area contributed by atoms with Crippen LogP contribution in [-0.4, -0.2) is 26.7 Å². The number of sulfonamides is 1. The first-order valence-electron chi connectivity index (χ1n) is 6.90. The van der Waals surface area contributed by atoms with Gasteiger partial charge in [0.25, 0.3) is 0 Å². The third-order valence-corrected chi connectivity index (χ3v) is 11.7. The van der Waals surface area contributed by atoms with Gasteiger partial charge in [-0.25, -0.2) is 12.8 Å². The minimum Gasteiger partial charge on any atom is -0.384 e. The Hall–Kier alpha value is -0.763. The summed E-state index contributed by atoms with van der Waals surface area (Å²) in [5.74, 6) is 0. The van der Waals surface area contributed by atoms with Crippen LogP contribution in [0.3, 0.4) is 0 Å². The van der Waals surface area contributed by atoms with Gasteiger partial charge in [-0.1, -0.05) is 33.9 Å². The van der Waals surface area contributed by atoms with E-state index in [9.17, 15) is 13.5 Å². The molecule has 0 aliphatic rings. The lowest BCUT2D eigenvalue weighted by Gasteiger charge is -2.36. The average molecular weight is 331 g/mol. The number of pyridine rings is 1. The van der Waals surface area contributed by atoms with Crippen molar-refractivity contribution >= 4 is 18.3 Å². The number of rotatable bonds is 4. The Morgan fingerprint density at radius 1 is 1.14 bits per heavy atom. The number of aliphatic hydroxyl groups is 1. The Morgan fingerprint density at radius 3 is 2.00 bits per heavy atom. The molecule has 0 bridgehead atoms. The van der Waals surface area contributed by atoms with Crippen molar-refractivity contribution in [2.24, 2.45) is 0 Å². The molecule has 0 radical (unpaired) electrons. The molecule has 0 saturated carbocycles. The molecule has 0 spiro atoms. The largest absolute Gasteiger partial charge is 0.384 e. The Morgan fingerprint density at radius 2 is 1.67 bits per heavy atom. The molecule has 2 N–H and O–H groups in total. The second kappa shape index (κ2) is 5.46. The van der Waals surface area contributed by atoms with Crippen molar-refractivity contribution in [3.63, 3.8) is 0 Å². The van der Waals surface area contributed by atoms with Crippen LogP contribution in [0.15, 0.2) is 23.2 Å². The van der Waals surface area contributed by atoms with Crippen LogP contribution in [-0.2, 0) is 15.6 Å². The maximum Gasteiger partial charge on any atom is 0.236 e. The fourth-order valence-electron chi connectivity index (χ4n) is 1.45. The maximum absolute atomic E-state index is 12.5. The predicted octanol–water partition coefficient (Wildman–Crippen LogP) is 2.59. The zero-order chi connectivity index (χ0) is 16.7. The summed E-state index contributed by atoms with van der Waals surface area (Å²) >= 11 is 0. The van der Waals surface area contributed by atoms with E-state index in [1.807, 2.05) is 33.9 Å². The maximum atomic E-state index is 12.5. The van der Waals surface area contributed by atoms with Crippen LogP contribution in [0.1, 0.15) is 40.3 Å². The van der Waals surface area contributed by atoms with Gasteiger partial charge in [-0.2, -0.15) is 0 Å². The van der Waals surface area contributed by atoms with Crippen molar-refractivity contribution in [1.29, 1.82) is 0 Å². The summed E-state index contributed by atoms with van der Waals surface area (Å²) in [5.41, 5.74) is -0.649. The van der Waals surface area contributed by atoms with Crippen LogP contribution >= 0.6 is 0 Å². The third kappa shape index (κ3) is 4.35. The second-order valence-corrected chi connectivity index (χ2v) is 14.5. The molecule has 0 saturated heterocycles. The summed E-state index contributed by atoms with van der Waals surface area (Å²) in [7, 11) is -5.78. The number of hydrogen-bond acceptors (Lipinski definition) is 4. The minimum absolute atomic E-state index is 0.0967. The lowest BCUT2D eigenvalue weighted by Crippen LogP contribution is -2.54. The molecular formula is C14H26N2O3SSi. The van der Waals surface area contributed by atoms with Gasteiger partial charge in [-0.3, -0.25) is 4.98 Å². The minimum atomic E-state index is -3.60. The van der Waals surface area contributed by atoms with Gasteiger partial charge >= 0.3 is 0 Å². The average Bonchev–Trinajstić information content (AvgIpc) is 2.25. The highest BCUT2D eigenvalue weighted by atomic mass is 32.2. The topological polar surface area (TPSA) is 79.3 Å². The van der Waals surface area contributed by atoms with Gasteiger partial charge in [0, 0.05) is 6.20 Å². The molecule has 0 aromatic carbocycles. The van der Waals surface area contributed by atoms with Crippen molar-refractivity contribution in [3.8, 4) is 0 Å². The monoisotopic (exact) mass is 330 g/mol. The van der Waals surface area contributed by atoms with Crippen LogP contribution in [0.25, 0.3) is 0 Å². The standard InChI is InChI=1S/C14H26N2O3SSi/c1-13(2,3)21(6,7)16-20(18,19)11-8-9-12(15-10-11)14(4,5)17/h8-10,16-17H,1-7H3. The summed E-state index contributed by atoms with van der Waals surface area (Å²) in [6.45, 7) is 13.3. The second-order valence-electron chi connectivity index (χ2n) is 7.42. The molecule has 0 fully saturated rings. The van der Waals surface area contributed by atoms with E-state index < -0.39 is 23.9 Å². The van der Waals surface area contributed by atoms with Gasteiger partial charge < -0.3 is 5.11 Å². The van der Waals surface area contributed by atoms with Gasteiger partial charge in [-0.05, 0) is 31.0 Å². The summed E-state index contributed by atoms with van der Waals surface area (Å²) in [5, 5.41) is 9.76. The van der Waals surface area contributed by atoms with Crippen molar-refractivity contribution in [1.82, 2.24) is 9.37 Å². The third-order valence-electron chi connectivity index (χ3n) is 3.94. The first-order chi connectivity index (χ1) is 9.17. The highest BCUT2D eigenvalue weighted by molar-refractivity contribution is 7.91. The van der Waals surface area contributed by atoms with E-state index in [0.29, 0.717) is 5.69 Å². The molecule has 0 unspecified atom stereocenters. The van der Waals surface area contributed by atoms with Crippen LogP contribution < -0.4 is 4.39 Å². The highest BCUT2D eigenvalue weighted by Gasteiger charge is 2.39. The molecule has 0 aliphatic carbocycles. The molecule has 7 heteroatoms. The summed E-state index contributed by atoms with van der Waals surface area (Å²) in [4.78, 5) is 4.18. The van der Waals surface area contributed by atoms with E-state index in [-0.39, 0.29) is 9.93 Å². The van der Waals surface area contributed by atoms with Gasteiger partial charge in [-0.15, -0.1) is 0 Å². The van der Waals surface area contributed by atoms with E-state index >= 15 is 0 Å². The Labute approximate surface area is 129 Å². The molecular weight excluding hydrogens is 304 g/mol. The van der Waals surface area contributed by atoms with Crippen molar-refractivity contribution in [3.05, 3.63) is 24.0 Å². The van der Waals surface area contributed by atoms with E-state index in [4.69, 9.17) is 0 Å². The van der Waals surface area contributed by atoms with E-state index in [0.717, 1.165) is 0 Å². The zero-order valence-electron chi connectivity index (χ0n) is 13.9. The van der Waals surface area contributed by atoms with Crippen molar-refractivity contribution in [2.45, 2.75) is 63.2 Å². The van der Waals surface area contributed by atoms with Gasteiger partial charge in [0.2, 0.25) is 10.0 Å². The van der Waals surface area contributed by atoms with Crippen LogP contribution in [0, 0.1) is 0 Å². The van der Waals surface area contributed by atoms with Crippen LogP contribution in [0.4, 0.5) is 0 Å². The molecule has 120 valence electrons. The van der Waals surface area contributed by atoms with E-state index in [1.165, 1.54) is 12.3 Å². The van der Waals surface area contributed by atoms with Crippen molar-refractivity contribution in [2.75, 3.05) is 0 Å². The molecule has 1 aromatic heterocycles. The molecule has 1 rings (SSSR count). The SMILES string of the molecule is CC(C)(O)c1ccc(S(=O)(=O)N[Si](C)(C)C(C)(C)C)cn1. The Balaban J connectivity index is 3.10. The molecule has 0 aliphatic heterocycles. The van der Waals surface area contributed by atoms with Crippen LogP contribution in [0.2, 0.25) is 18.1 Å². The summed E-state index contributed by atoms with van der Waals surface area (Å²) in [6, 6.07) is 3.02. The fraction of sp³-hybridized carbons (Fsp3) is 0.643. The fourth-order valence-corrected chi connectivity index (χ4v) is 6.27. The van der Waals surface area contributed by atoms with Gasteiger partial charge in [0.15, 0.2) is 0 Å². The van der Waals surface area contributed by atoms with Gasteiger partial charge in [0.1, 0.15) is 13.8 Å². The van der Waals surface area contributed by atoms with E-state index in [2.05, 4.69) is 9.37 Å². The lowest BCUT2D eigenvalue weighted by atomic mass is 10.1. The zero-order valence-corrected chi connectivity index (χ0v) is 15.7. The molecule has 1 heterocycles. The summed E-state index contributed by atoms with van der Waals surface area (Å²) < 4.78 is 27.8. The number of aromatic nitrogens is 1. The van der Waals surface area contributed by atoms with Crippen molar-refractivity contribution < 1.29 is 13.5 Å². The van der Waals surface area contributed by atoms with E-state index in [1.54, 1.807) is 19.9 Å². The molecule has 21 heavy (non-hydrogen) atoms. The lowest BCUT2D eigenvalue weighted by molar-refractivity contribution is 0.0737. The Bertz CT molecular complexity index is 597. The number of nitrogens with one attached hydrogen (secondary N) is 1. The van der Waals surface area contributed by atoms with Gasteiger partial charge in [0.05, 0.1) is 10.6 Å². The molecule has 1 aromatic rings. The smallest absolute Gasteiger partial charge is 0.236 e. The quantitative estimate of drug-likeness (QED) is 0.832. The first-order valence-corrected chi connectivity index (χ1v) is 11.4. The molecule has 0 atom stereocenters. The normalized spacial score (nSPS) is 14.3. The molecule has 0 amide bonds. The molecule has 5 nitrogen and oxygen atoms in total. The number of hydrogen-bond donors (Lipinski definition) is 2. The number of nitrogens with zero attached hydrogens (tertiary/aromatic N) is 1. The Kier molecular flexibility index (Phi) is 4.75.